The van der Waals surface area contributed by atoms with Crippen LogP contribution in [0.2, 0.25) is 0 Å². The molecule has 0 saturated heterocycles. The highest BCUT2D eigenvalue weighted by atomic mass is 15.2. The fraction of sp³-hybridized carbons (Fsp3) is 0. The number of hydrazine groups is 1. The van der Waals surface area contributed by atoms with Gasteiger partial charge in [-0.3, -0.25) is 5.84 Å². The van der Waals surface area contributed by atoms with Crippen molar-refractivity contribution in [2.24, 2.45) is 5.84 Å². The van der Waals surface area contributed by atoms with Crippen LogP contribution in [0.1, 0.15) is 0 Å². The molecule has 9 heavy (non-hydrogen) atoms. The van der Waals surface area contributed by atoms with Gasteiger partial charge in [-0.25, -0.2) is 0 Å². The maximum Gasteiger partial charge on any atom is 0.0485 e. The van der Waals surface area contributed by atoms with Gasteiger partial charge in [-0.2, -0.15) is 0 Å². The van der Waals surface area contributed by atoms with E-state index < -0.39 is 0 Å². The van der Waals surface area contributed by atoms with Gasteiger partial charge >= 0.3 is 0 Å². The van der Waals surface area contributed by atoms with Gasteiger partial charge in [-0.15, -0.1) is 0 Å². The number of hydrogen-bond donors (Lipinski definition) is 2. The van der Waals surface area contributed by atoms with Gasteiger partial charge in [0.2, 0.25) is 0 Å². The Morgan fingerprint density at radius 2 is 1.67 bits per heavy atom. The Kier molecular flexibility index (Phi) is 3.56. The molecular formula is C6H8BN2. The normalized spacial score (nSPS) is 7.67. The molecule has 0 aromatic heterocycles. The monoisotopic (exact) mass is 119 g/mol. The van der Waals surface area contributed by atoms with Crippen LogP contribution in [-0.2, 0) is 0 Å². The molecule has 2 nitrogen and oxygen atoms in total. The second-order valence-electron chi connectivity index (χ2n) is 1.51. The molecule has 0 spiro atoms. The van der Waals surface area contributed by atoms with E-state index in [0.29, 0.717) is 0 Å². The summed E-state index contributed by atoms with van der Waals surface area (Å²) in [5.41, 5.74) is 3.46. The van der Waals surface area contributed by atoms with Crippen molar-refractivity contribution in [3.8, 4) is 0 Å². The van der Waals surface area contributed by atoms with E-state index in [1.807, 2.05) is 30.3 Å². The van der Waals surface area contributed by atoms with Gasteiger partial charge < -0.3 is 5.43 Å². The Balaban J connectivity index is 0.000000640. The minimum absolute atomic E-state index is 0. The smallest absolute Gasteiger partial charge is 0.0485 e. The molecule has 0 heterocycles. The minimum Gasteiger partial charge on any atom is -0.324 e. The lowest BCUT2D eigenvalue weighted by Gasteiger charge is -1.94. The van der Waals surface area contributed by atoms with Crippen LogP contribution in [0.15, 0.2) is 30.3 Å². The number of nitrogens with one attached hydrogen (secondary N) is 1. The van der Waals surface area contributed by atoms with Crippen molar-refractivity contribution in [1.82, 2.24) is 0 Å². The van der Waals surface area contributed by atoms with E-state index in [-0.39, 0.29) is 8.41 Å². The Labute approximate surface area is 56.6 Å². The van der Waals surface area contributed by atoms with Crippen molar-refractivity contribution in [3.05, 3.63) is 30.3 Å². The van der Waals surface area contributed by atoms with Crippen LogP contribution < -0.4 is 11.3 Å². The van der Waals surface area contributed by atoms with Crippen LogP contribution in [0.3, 0.4) is 0 Å². The molecule has 0 saturated carbocycles. The van der Waals surface area contributed by atoms with E-state index in [4.69, 9.17) is 5.84 Å². The number of anilines is 1. The number of hydrogen-bond acceptors (Lipinski definition) is 2. The van der Waals surface area contributed by atoms with Crippen LogP contribution in [-0.4, -0.2) is 8.41 Å². The molecule has 0 unspecified atom stereocenters. The summed E-state index contributed by atoms with van der Waals surface area (Å²) in [7, 11) is 0. The molecule has 0 aliphatic rings. The fourth-order valence-corrected chi connectivity index (χ4v) is 0.534. The highest BCUT2D eigenvalue weighted by molar-refractivity contribution is 5.75. The van der Waals surface area contributed by atoms with Crippen molar-refractivity contribution < 1.29 is 0 Å². The Bertz CT molecular complexity index is 152. The lowest BCUT2D eigenvalue weighted by molar-refractivity contribution is 1.35. The van der Waals surface area contributed by atoms with Crippen molar-refractivity contribution in [1.29, 1.82) is 0 Å². The van der Waals surface area contributed by atoms with E-state index in [0.717, 1.165) is 5.69 Å². The number of benzene rings is 1. The predicted octanol–water partition coefficient (Wildman–Crippen LogP) is 0.591. The quantitative estimate of drug-likeness (QED) is 0.322. The molecule has 1 aromatic carbocycles. The van der Waals surface area contributed by atoms with E-state index in [1.165, 1.54) is 0 Å². The fourth-order valence-electron chi connectivity index (χ4n) is 0.534. The summed E-state index contributed by atoms with van der Waals surface area (Å²) in [5.74, 6) is 5.10. The summed E-state index contributed by atoms with van der Waals surface area (Å²) in [6, 6.07) is 9.60. The molecule has 0 amide bonds. The summed E-state index contributed by atoms with van der Waals surface area (Å²) >= 11 is 0. The predicted molar refractivity (Wildman–Crippen MR) is 40.0 cm³/mol. The molecular weight excluding hydrogens is 111 g/mol. The molecule has 1 aromatic rings. The number of nitrogens with two attached hydrogens (primary N) is 1. The Morgan fingerprint density at radius 1 is 1.11 bits per heavy atom. The zero-order valence-corrected chi connectivity index (χ0v) is 5.04. The first-order valence-corrected chi connectivity index (χ1v) is 2.45. The van der Waals surface area contributed by atoms with Gasteiger partial charge in [-0.1, -0.05) is 18.2 Å². The van der Waals surface area contributed by atoms with Gasteiger partial charge in [0.15, 0.2) is 0 Å². The summed E-state index contributed by atoms with van der Waals surface area (Å²) in [4.78, 5) is 0. The standard InChI is InChI=1S/C6H8N2.B/c7-8-6-4-2-1-3-5-6;/h1-5,8H,7H2;. The van der Waals surface area contributed by atoms with Crippen LogP contribution in [0.25, 0.3) is 0 Å². The molecule has 0 bridgehead atoms. The molecule has 0 aliphatic carbocycles. The summed E-state index contributed by atoms with van der Waals surface area (Å²) in [6.45, 7) is 0. The summed E-state index contributed by atoms with van der Waals surface area (Å²) in [5, 5.41) is 0. The second-order valence-corrected chi connectivity index (χ2v) is 1.51. The SMILES string of the molecule is NNc1ccccc1.[B]. The maximum absolute atomic E-state index is 5.10. The number of para-hydroxylation sites is 1. The average molecular weight is 119 g/mol. The van der Waals surface area contributed by atoms with Gasteiger partial charge in [0.05, 0.1) is 0 Å². The third-order valence-electron chi connectivity index (χ3n) is 0.940. The van der Waals surface area contributed by atoms with E-state index in [9.17, 15) is 0 Å². The van der Waals surface area contributed by atoms with E-state index in [1.54, 1.807) is 0 Å². The van der Waals surface area contributed by atoms with Crippen LogP contribution >= 0.6 is 0 Å². The lowest BCUT2D eigenvalue weighted by atomic mass is 10.3. The van der Waals surface area contributed by atoms with Crippen LogP contribution in [0.5, 0.6) is 0 Å². The highest BCUT2D eigenvalue weighted by Crippen LogP contribution is 2.00. The Morgan fingerprint density at radius 3 is 2.00 bits per heavy atom. The van der Waals surface area contributed by atoms with Crippen LogP contribution in [0, 0.1) is 0 Å². The van der Waals surface area contributed by atoms with E-state index >= 15 is 0 Å². The van der Waals surface area contributed by atoms with Crippen LogP contribution in [0.4, 0.5) is 5.69 Å². The van der Waals surface area contributed by atoms with Gasteiger partial charge in [0.25, 0.3) is 0 Å². The largest absolute Gasteiger partial charge is 0.324 e. The first-order chi connectivity index (χ1) is 3.93. The second kappa shape index (κ2) is 3.98. The van der Waals surface area contributed by atoms with Gasteiger partial charge in [-0.05, 0) is 12.1 Å². The van der Waals surface area contributed by atoms with Crippen molar-refractivity contribution in [2.45, 2.75) is 0 Å². The zero-order valence-electron chi connectivity index (χ0n) is 5.04. The molecule has 3 radical (unpaired) electrons. The highest BCUT2D eigenvalue weighted by Gasteiger charge is 1.78. The number of rotatable bonds is 1. The first-order valence-electron chi connectivity index (χ1n) is 2.45. The molecule has 3 heteroatoms. The Hall–Kier alpha value is -0.955. The maximum atomic E-state index is 5.10. The van der Waals surface area contributed by atoms with Crippen molar-refractivity contribution in [3.63, 3.8) is 0 Å². The third kappa shape index (κ3) is 2.19. The molecule has 45 valence electrons. The molecule has 0 atom stereocenters. The molecule has 3 N–H and O–H groups in total. The van der Waals surface area contributed by atoms with Gasteiger partial charge in [0, 0.05) is 14.1 Å². The minimum atomic E-state index is 0. The van der Waals surface area contributed by atoms with Gasteiger partial charge in [0.1, 0.15) is 0 Å². The summed E-state index contributed by atoms with van der Waals surface area (Å²) in [6.07, 6.45) is 0. The third-order valence-corrected chi connectivity index (χ3v) is 0.940. The number of nitrogen functional groups attached to an aromatic ring is 1. The first kappa shape index (κ1) is 8.04. The molecule has 0 fully saturated rings. The van der Waals surface area contributed by atoms with Crippen molar-refractivity contribution in [2.75, 3.05) is 5.43 Å². The lowest BCUT2D eigenvalue weighted by Crippen LogP contribution is -2.05. The van der Waals surface area contributed by atoms with Crippen molar-refractivity contribution >= 4 is 14.1 Å². The summed E-state index contributed by atoms with van der Waals surface area (Å²) < 4.78 is 0. The molecule has 1 rings (SSSR count). The molecule has 0 aliphatic heterocycles. The topological polar surface area (TPSA) is 38.0 Å². The average Bonchev–Trinajstić information content (AvgIpc) is 1.90. The van der Waals surface area contributed by atoms with E-state index in [2.05, 4.69) is 5.43 Å². The zero-order chi connectivity index (χ0) is 5.82.